The van der Waals surface area contributed by atoms with Crippen molar-refractivity contribution >= 4 is 27.5 Å². The van der Waals surface area contributed by atoms with Crippen molar-refractivity contribution < 1.29 is 13.2 Å². The van der Waals surface area contributed by atoms with Crippen LogP contribution in [0, 0.1) is 0 Å². The Balaban J connectivity index is 1.63. The second-order valence-corrected chi connectivity index (χ2v) is 7.57. The lowest BCUT2D eigenvalue weighted by atomic mass is 10.2. The first-order valence-corrected chi connectivity index (χ1v) is 9.74. The molecule has 5 nitrogen and oxygen atoms in total. The molecule has 0 unspecified atom stereocenters. The van der Waals surface area contributed by atoms with Gasteiger partial charge in [0.25, 0.3) is 10.0 Å². The molecule has 3 rings (SSSR count). The minimum atomic E-state index is -3.54. The van der Waals surface area contributed by atoms with Gasteiger partial charge in [0.1, 0.15) is 0 Å². The van der Waals surface area contributed by atoms with Gasteiger partial charge in [0, 0.05) is 31.6 Å². The van der Waals surface area contributed by atoms with Gasteiger partial charge >= 0.3 is 0 Å². The van der Waals surface area contributed by atoms with Gasteiger partial charge in [-0.05, 0) is 42.3 Å². The van der Waals surface area contributed by atoms with E-state index in [9.17, 15) is 8.42 Å². The molecule has 132 valence electrons. The van der Waals surface area contributed by atoms with Crippen LogP contribution in [0.3, 0.4) is 0 Å². The normalized spacial score (nSPS) is 18.0. The first-order chi connectivity index (χ1) is 12.1. The number of methoxy groups -OCH3 is 1. The van der Waals surface area contributed by atoms with Crippen LogP contribution < -0.4 is 9.62 Å². The lowest BCUT2D eigenvalue weighted by molar-refractivity contribution is 0.121. The van der Waals surface area contributed by atoms with Gasteiger partial charge in [-0.25, -0.2) is 8.42 Å². The third-order valence-electron chi connectivity index (χ3n) is 4.21. The van der Waals surface area contributed by atoms with Crippen molar-refractivity contribution in [2.45, 2.75) is 12.5 Å². The molecule has 6 heteroatoms. The summed E-state index contributed by atoms with van der Waals surface area (Å²) >= 11 is 0. The minimum Gasteiger partial charge on any atom is -0.380 e. The van der Waals surface area contributed by atoms with Crippen LogP contribution in [-0.4, -0.2) is 34.7 Å². The van der Waals surface area contributed by atoms with Crippen LogP contribution >= 0.6 is 0 Å². The Hall–Kier alpha value is -2.31. The molecular weight excluding hydrogens is 336 g/mol. The van der Waals surface area contributed by atoms with Crippen molar-refractivity contribution in [2.75, 3.05) is 29.8 Å². The lowest BCUT2D eigenvalue weighted by Crippen LogP contribution is -2.22. The van der Waals surface area contributed by atoms with Gasteiger partial charge in [-0.3, -0.25) is 4.72 Å². The average Bonchev–Trinajstić information content (AvgIpc) is 3.11. The highest BCUT2D eigenvalue weighted by atomic mass is 32.2. The first-order valence-electron chi connectivity index (χ1n) is 8.19. The fourth-order valence-electron chi connectivity index (χ4n) is 2.83. The maximum absolute atomic E-state index is 12.2. The van der Waals surface area contributed by atoms with Gasteiger partial charge < -0.3 is 9.64 Å². The Kier molecular flexibility index (Phi) is 5.40. The molecule has 0 aromatic heterocycles. The molecule has 2 aromatic rings. The topological polar surface area (TPSA) is 58.6 Å². The van der Waals surface area contributed by atoms with Gasteiger partial charge in [-0.2, -0.15) is 0 Å². The molecule has 2 aromatic carbocycles. The smallest absolute Gasteiger partial charge is 0.255 e. The maximum Gasteiger partial charge on any atom is 0.255 e. The summed E-state index contributed by atoms with van der Waals surface area (Å²) in [6.45, 7) is 1.81. The van der Waals surface area contributed by atoms with E-state index in [4.69, 9.17) is 4.74 Å². The molecule has 1 aliphatic rings. The summed E-state index contributed by atoms with van der Waals surface area (Å²) in [4.78, 5) is 2.24. The van der Waals surface area contributed by atoms with E-state index in [1.54, 1.807) is 25.3 Å². The van der Waals surface area contributed by atoms with Crippen molar-refractivity contribution in [3.05, 3.63) is 65.6 Å². The number of anilines is 2. The summed E-state index contributed by atoms with van der Waals surface area (Å²) in [5, 5.41) is 1.18. The Bertz CT molecular complexity index is 818. The van der Waals surface area contributed by atoms with Crippen molar-refractivity contribution in [3.63, 3.8) is 0 Å². The molecule has 1 saturated heterocycles. The number of hydrogen-bond donors (Lipinski definition) is 1. The molecule has 0 aliphatic carbocycles. The van der Waals surface area contributed by atoms with Crippen molar-refractivity contribution in [1.29, 1.82) is 0 Å². The van der Waals surface area contributed by atoms with Gasteiger partial charge in [-0.1, -0.05) is 30.3 Å². The number of nitrogens with zero attached hydrogens (tertiary/aromatic N) is 1. The number of nitrogens with one attached hydrogen (secondary N) is 1. The molecule has 1 fully saturated rings. The van der Waals surface area contributed by atoms with Gasteiger partial charge in [0.2, 0.25) is 0 Å². The SMILES string of the molecule is CO[C@H]1CCN(c2ccc(NS(=O)(=O)/C=C/c3ccccc3)cc2)C1. The standard InChI is InChI=1S/C19H22N2O3S/c1-24-19-11-13-21(15-19)18-9-7-17(8-10-18)20-25(22,23)14-12-16-5-3-2-4-6-16/h2-10,12,14,19-20H,11,13,15H2,1H3/b14-12+/t19-/m0/s1. The van der Waals surface area contributed by atoms with E-state index in [1.807, 2.05) is 42.5 Å². The van der Waals surface area contributed by atoms with Crippen LogP contribution in [0.1, 0.15) is 12.0 Å². The summed E-state index contributed by atoms with van der Waals surface area (Å²) in [5.74, 6) is 0. The molecule has 1 heterocycles. The van der Waals surface area contributed by atoms with Crippen molar-refractivity contribution in [3.8, 4) is 0 Å². The molecule has 1 atom stereocenters. The zero-order valence-electron chi connectivity index (χ0n) is 14.1. The molecule has 1 aliphatic heterocycles. The molecule has 0 bridgehead atoms. The number of rotatable bonds is 6. The summed E-state index contributed by atoms with van der Waals surface area (Å²) in [6, 6.07) is 16.7. The van der Waals surface area contributed by atoms with E-state index in [0.29, 0.717) is 5.69 Å². The van der Waals surface area contributed by atoms with Gasteiger partial charge in [0.05, 0.1) is 11.5 Å². The van der Waals surface area contributed by atoms with Gasteiger partial charge in [0.15, 0.2) is 0 Å². The van der Waals surface area contributed by atoms with Crippen LogP contribution in [0.25, 0.3) is 6.08 Å². The molecule has 0 radical (unpaired) electrons. The fraction of sp³-hybridized carbons (Fsp3) is 0.263. The summed E-state index contributed by atoms with van der Waals surface area (Å²) < 4.78 is 32.3. The van der Waals surface area contributed by atoms with Crippen molar-refractivity contribution in [2.24, 2.45) is 0 Å². The number of ether oxygens (including phenoxy) is 1. The molecule has 0 spiro atoms. The third-order valence-corrected chi connectivity index (χ3v) is 5.22. The second-order valence-electron chi connectivity index (χ2n) is 6.00. The molecule has 0 amide bonds. The predicted octanol–water partition coefficient (Wildman–Crippen LogP) is 3.32. The Morgan fingerprint density at radius 3 is 2.48 bits per heavy atom. The monoisotopic (exact) mass is 358 g/mol. The quantitative estimate of drug-likeness (QED) is 0.861. The highest BCUT2D eigenvalue weighted by molar-refractivity contribution is 7.95. The fourth-order valence-corrected chi connectivity index (χ4v) is 3.69. The highest BCUT2D eigenvalue weighted by Crippen LogP contribution is 2.23. The number of sulfonamides is 1. The van der Waals surface area contributed by atoms with Crippen molar-refractivity contribution in [1.82, 2.24) is 0 Å². The highest BCUT2D eigenvalue weighted by Gasteiger charge is 2.22. The minimum absolute atomic E-state index is 0.265. The lowest BCUT2D eigenvalue weighted by Gasteiger charge is -2.18. The summed E-state index contributed by atoms with van der Waals surface area (Å²) in [7, 11) is -1.81. The zero-order chi connectivity index (χ0) is 17.7. The molecule has 1 N–H and O–H groups in total. The second kappa shape index (κ2) is 7.72. The maximum atomic E-state index is 12.2. The molecular formula is C19H22N2O3S. The Morgan fingerprint density at radius 2 is 1.84 bits per heavy atom. The Morgan fingerprint density at radius 1 is 1.12 bits per heavy atom. The predicted molar refractivity (Wildman–Crippen MR) is 102 cm³/mol. The van der Waals surface area contributed by atoms with Crippen LogP contribution in [0.4, 0.5) is 11.4 Å². The van der Waals surface area contributed by atoms with E-state index < -0.39 is 10.0 Å². The first kappa shape index (κ1) is 17.5. The van der Waals surface area contributed by atoms with E-state index in [0.717, 1.165) is 30.8 Å². The van der Waals surface area contributed by atoms with E-state index in [-0.39, 0.29) is 6.10 Å². The number of hydrogen-bond acceptors (Lipinski definition) is 4. The molecule has 0 saturated carbocycles. The summed E-state index contributed by atoms with van der Waals surface area (Å²) in [5.41, 5.74) is 2.45. The van der Waals surface area contributed by atoms with E-state index >= 15 is 0 Å². The summed E-state index contributed by atoms with van der Waals surface area (Å²) in [6.07, 6.45) is 2.85. The van der Waals surface area contributed by atoms with Crippen LogP contribution in [0.15, 0.2) is 60.0 Å². The van der Waals surface area contributed by atoms with E-state index in [1.165, 1.54) is 5.41 Å². The van der Waals surface area contributed by atoms with Crippen LogP contribution in [-0.2, 0) is 14.8 Å². The van der Waals surface area contributed by atoms with Crippen LogP contribution in [0.5, 0.6) is 0 Å². The molecule has 25 heavy (non-hydrogen) atoms. The van der Waals surface area contributed by atoms with E-state index in [2.05, 4.69) is 9.62 Å². The Labute approximate surface area is 149 Å². The van der Waals surface area contributed by atoms with Crippen LogP contribution in [0.2, 0.25) is 0 Å². The number of benzene rings is 2. The zero-order valence-corrected chi connectivity index (χ0v) is 14.9. The van der Waals surface area contributed by atoms with Gasteiger partial charge in [-0.15, -0.1) is 0 Å². The third kappa shape index (κ3) is 4.84. The average molecular weight is 358 g/mol. The largest absolute Gasteiger partial charge is 0.380 e.